The Bertz CT molecular complexity index is 1080. The molecule has 28 heavy (non-hydrogen) atoms. The average Bonchev–Trinajstić information content (AvgIpc) is 2.64. The van der Waals surface area contributed by atoms with Crippen molar-refractivity contribution in [2.75, 3.05) is 19.4 Å². The van der Waals surface area contributed by atoms with Gasteiger partial charge in [0.25, 0.3) is 5.56 Å². The number of alkyl halides is 3. The topological polar surface area (TPSA) is 68.1 Å². The van der Waals surface area contributed by atoms with Crippen LogP contribution in [-0.4, -0.2) is 24.4 Å². The van der Waals surface area contributed by atoms with Gasteiger partial charge in [0.1, 0.15) is 5.75 Å². The number of aromatic nitrogens is 1. The van der Waals surface area contributed by atoms with E-state index < -0.39 is 17.3 Å². The van der Waals surface area contributed by atoms with Gasteiger partial charge in [-0.3, -0.25) is 4.79 Å². The van der Waals surface area contributed by atoms with Gasteiger partial charge in [-0.1, -0.05) is 11.6 Å². The fourth-order valence-corrected chi connectivity index (χ4v) is 3.93. The van der Waals surface area contributed by atoms with Crippen molar-refractivity contribution >= 4 is 34.3 Å². The molecule has 0 spiro atoms. The van der Waals surface area contributed by atoms with Crippen LogP contribution in [-0.2, 0) is 6.18 Å². The highest BCUT2D eigenvalue weighted by atomic mass is 35.5. The molecule has 0 radical (unpaired) electrons. The summed E-state index contributed by atoms with van der Waals surface area (Å²) >= 11 is 7.30. The Morgan fingerprint density at radius 2 is 1.96 bits per heavy atom. The van der Waals surface area contributed by atoms with Crippen LogP contribution in [0.5, 0.6) is 5.75 Å². The van der Waals surface area contributed by atoms with Gasteiger partial charge in [0, 0.05) is 39.4 Å². The standard InChI is InChI=1S/C19H16ClF3N2O2S/c1-27-15-5-3-11(20)9-13(15)16-12-8-10(19(21,22)23)2-4-14(12)25-18(26)17(16)28-7-6-24/h2-5,8-9H,6-7,24H2,1H3,(H,25,26). The predicted octanol–water partition coefficient (Wildman–Crippen LogP) is 4.93. The van der Waals surface area contributed by atoms with E-state index in [1.165, 1.54) is 24.9 Å². The van der Waals surface area contributed by atoms with Crippen LogP contribution in [0.1, 0.15) is 5.56 Å². The van der Waals surface area contributed by atoms with E-state index in [1.54, 1.807) is 18.2 Å². The maximum Gasteiger partial charge on any atom is 0.416 e. The quantitative estimate of drug-likeness (QED) is 0.565. The van der Waals surface area contributed by atoms with E-state index in [0.29, 0.717) is 34.2 Å². The second-order valence-electron chi connectivity index (χ2n) is 5.90. The third kappa shape index (κ3) is 3.99. The number of hydrogen-bond donors (Lipinski definition) is 2. The van der Waals surface area contributed by atoms with Crippen LogP contribution in [0.25, 0.3) is 22.0 Å². The van der Waals surface area contributed by atoms with E-state index >= 15 is 0 Å². The first-order valence-corrected chi connectivity index (χ1v) is 9.56. The molecule has 0 unspecified atom stereocenters. The van der Waals surface area contributed by atoms with E-state index in [1.807, 2.05) is 0 Å². The first-order valence-electron chi connectivity index (χ1n) is 8.20. The molecule has 0 saturated carbocycles. The van der Waals surface area contributed by atoms with Gasteiger partial charge in [0.15, 0.2) is 0 Å². The molecular weight excluding hydrogens is 413 g/mol. The number of thioether (sulfide) groups is 1. The Morgan fingerprint density at radius 3 is 2.61 bits per heavy atom. The molecule has 9 heteroatoms. The van der Waals surface area contributed by atoms with Gasteiger partial charge in [-0.25, -0.2) is 0 Å². The van der Waals surface area contributed by atoms with Crippen molar-refractivity contribution in [1.82, 2.24) is 4.98 Å². The number of aromatic amines is 1. The molecule has 0 fully saturated rings. The lowest BCUT2D eigenvalue weighted by Gasteiger charge is -2.17. The highest BCUT2D eigenvalue weighted by Gasteiger charge is 2.31. The van der Waals surface area contributed by atoms with Crippen molar-refractivity contribution in [3.63, 3.8) is 0 Å². The molecule has 0 atom stereocenters. The molecule has 3 N–H and O–H groups in total. The fourth-order valence-electron chi connectivity index (χ4n) is 2.89. The molecule has 3 aromatic rings. The Morgan fingerprint density at radius 1 is 1.21 bits per heavy atom. The Kier molecular flexibility index (Phi) is 5.92. The van der Waals surface area contributed by atoms with E-state index in [2.05, 4.69) is 4.98 Å². The molecule has 3 rings (SSSR count). The predicted molar refractivity (Wildman–Crippen MR) is 106 cm³/mol. The maximum atomic E-state index is 13.3. The van der Waals surface area contributed by atoms with E-state index in [9.17, 15) is 18.0 Å². The molecule has 1 heterocycles. The lowest BCUT2D eigenvalue weighted by Crippen LogP contribution is -2.13. The highest BCUT2D eigenvalue weighted by Crippen LogP contribution is 2.42. The number of H-pyrrole nitrogens is 1. The SMILES string of the molecule is COc1ccc(Cl)cc1-c1c(SCCN)c(=O)[nH]c2ccc(C(F)(F)F)cc12. The molecule has 4 nitrogen and oxygen atoms in total. The van der Waals surface area contributed by atoms with Crippen molar-refractivity contribution in [3.8, 4) is 16.9 Å². The smallest absolute Gasteiger partial charge is 0.416 e. The van der Waals surface area contributed by atoms with Crippen molar-refractivity contribution in [3.05, 3.63) is 57.3 Å². The third-order valence-corrected chi connectivity index (χ3v) is 5.45. The first-order chi connectivity index (χ1) is 13.3. The van der Waals surface area contributed by atoms with Gasteiger partial charge in [-0.2, -0.15) is 13.2 Å². The summed E-state index contributed by atoms with van der Waals surface area (Å²) in [6, 6.07) is 7.99. The van der Waals surface area contributed by atoms with Crippen molar-refractivity contribution < 1.29 is 17.9 Å². The summed E-state index contributed by atoms with van der Waals surface area (Å²) in [5.41, 5.74) is 5.39. The largest absolute Gasteiger partial charge is 0.496 e. The number of nitrogens with two attached hydrogens (primary N) is 1. The third-order valence-electron chi connectivity index (χ3n) is 4.09. The zero-order valence-corrected chi connectivity index (χ0v) is 16.3. The van der Waals surface area contributed by atoms with Gasteiger partial charge in [0.2, 0.25) is 0 Å². The molecule has 0 aliphatic carbocycles. The van der Waals surface area contributed by atoms with Crippen LogP contribution >= 0.6 is 23.4 Å². The van der Waals surface area contributed by atoms with Crippen molar-refractivity contribution in [2.45, 2.75) is 11.1 Å². The molecule has 0 saturated heterocycles. The van der Waals surface area contributed by atoms with Crippen LogP contribution in [0.4, 0.5) is 13.2 Å². The molecule has 0 amide bonds. The molecule has 0 aliphatic heterocycles. The summed E-state index contributed by atoms with van der Waals surface area (Å²) in [4.78, 5) is 15.6. The number of ether oxygens (including phenoxy) is 1. The fraction of sp³-hybridized carbons (Fsp3) is 0.211. The summed E-state index contributed by atoms with van der Waals surface area (Å²) < 4.78 is 45.3. The number of halogens is 4. The minimum absolute atomic E-state index is 0.245. The zero-order valence-electron chi connectivity index (χ0n) is 14.7. The summed E-state index contributed by atoms with van der Waals surface area (Å²) in [5.74, 6) is 0.812. The number of fused-ring (bicyclic) bond motifs is 1. The summed E-state index contributed by atoms with van der Waals surface area (Å²) in [6.45, 7) is 0.302. The van der Waals surface area contributed by atoms with E-state index in [4.69, 9.17) is 22.1 Å². The van der Waals surface area contributed by atoms with Crippen LogP contribution in [0.15, 0.2) is 46.1 Å². The molecule has 2 aromatic carbocycles. The Labute approximate surface area is 167 Å². The molecule has 0 aliphatic rings. The van der Waals surface area contributed by atoms with Gasteiger partial charge >= 0.3 is 6.18 Å². The lowest BCUT2D eigenvalue weighted by atomic mass is 9.98. The number of benzene rings is 2. The zero-order chi connectivity index (χ0) is 20.5. The Balaban J connectivity index is 2.45. The van der Waals surface area contributed by atoms with E-state index in [-0.39, 0.29) is 15.8 Å². The average molecular weight is 429 g/mol. The van der Waals surface area contributed by atoms with Crippen LogP contribution in [0, 0.1) is 0 Å². The van der Waals surface area contributed by atoms with Gasteiger partial charge < -0.3 is 15.5 Å². The highest BCUT2D eigenvalue weighted by molar-refractivity contribution is 7.99. The maximum absolute atomic E-state index is 13.3. The number of pyridine rings is 1. The molecular formula is C19H16ClF3N2O2S. The minimum Gasteiger partial charge on any atom is -0.496 e. The normalized spacial score (nSPS) is 11.8. The summed E-state index contributed by atoms with van der Waals surface area (Å²) in [6.07, 6.45) is -4.52. The summed E-state index contributed by atoms with van der Waals surface area (Å²) in [7, 11) is 1.44. The lowest BCUT2D eigenvalue weighted by molar-refractivity contribution is -0.137. The monoisotopic (exact) mass is 428 g/mol. The number of methoxy groups -OCH3 is 1. The summed E-state index contributed by atoms with van der Waals surface area (Å²) in [5, 5.41) is 0.612. The number of nitrogens with one attached hydrogen (secondary N) is 1. The van der Waals surface area contributed by atoms with Crippen LogP contribution in [0.3, 0.4) is 0 Å². The molecule has 1 aromatic heterocycles. The molecule has 148 valence electrons. The second-order valence-corrected chi connectivity index (χ2v) is 7.44. The van der Waals surface area contributed by atoms with Crippen LogP contribution in [0.2, 0.25) is 5.02 Å². The number of hydrogen-bond acceptors (Lipinski definition) is 4. The van der Waals surface area contributed by atoms with Crippen LogP contribution < -0.4 is 16.0 Å². The molecule has 0 bridgehead atoms. The second kappa shape index (κ2) is 8.06. The Hall–Kier alpha value is -2.16. The first kappa shape index (κ1) is 20.6. The number of rotatable bonds is 5. The minimum atomic E-state index is -4.52. The van der Waals surface area contributed by atoms with E-state index in [0.717, 1.165) is 12.1 Å². The van der Waals surface area contributed by atoms with Crippen molar-refractivity contribution in [2.24, 2.45) is 5.73 Å². The van der Waals surface area contributed by atoms with Gasteiger partial charge in [-0.15, -0.1) is 11.8 Å². The van der Waals surface area contributed by atoms with Crippen molar-refractivity contribution in [1.29, 1.82) is 0 Å². The van der Waals surface area contributed by atoms with Gasteiger partial charge in [-0.05, 0) is 36.4 Å². The van der Waals surface area contributed by atoms with Gasteiger partial charge in [0.05, 0.1) is 17.6 Å².